The van der Waals surface area contributed by atoms with Crippen molar-refractivity contribution < 1.29 is 19.4 Å². The van der Waals surface area contributed by atoms with Gasteiger partial charge in [-0.3, -0.25) is 4.79 Å². The van der Waals surface area contributed by atoms with Gasteiger partial charge in [-0.15, -0.1) is 0 Å². The number of hydrogen-bond donors (Lipinski definition) is 3. The summed E-state index contributed by atoms with van der Waals surface area (Å²) in [6.45, 7) is 7.69. The van der Waals surface area contributed by atoms with Gasteiger partial charge in [-0.2, -0.15) is 0 Å². The summed E-state index contributed by atoms with van der Waals surface area (Å²) in [4.78, 5) is 31.1. The van der Waals surface area contributed by atoms with Gasteiger partial charge < -0.3 is 25.4 Å². The Hall–Kier alpha value is -2.19. The van der Waals surface area contributed by atoms with E-state index in [1.165, 1.54) is 5.56 Å². The smallest absolute Gasteiger partial charge is 0.326 e. The van der Waals surface area contributed by atoms with Crippen molar-refractivity contribution in [2.45, 2.75) is 71.3 Å². The molecule has 1 aromatic heterocycles. The highest BCUT2D eigenvalue weighted by atomic mass is 16.5. The largest absolute Gasteiger partial charge is 0.480 e. The molecule has 8 nitrogen and oxygen atoms in total. The maximum absolute atomic E-state index is 12.4. The number of anilines is 1. The van der Waals surface area contributed by atoms with Gasteiger partial charge in [0, 0.05) is 38.4 Å². The normalized spacial score (nSPS) is 14.1. The minimum Gasteiger partial charge on any atom is -0.480 e. The number of amides is 1. The second-order valence-electron chi connectivity index (χ2n) is 8.83. The van der Waals surface area contributed by atoms with Crippen LogP contribution in [-0.2, 0) is 27.2 Å². The Balaban J connectivity index is 1.81. The Morgan fingerprint density at radius 2 is 2.00 bits per heavy atom. The molecule has 8 heteroatoms. The Labute approximate surface area is 198 Å². The third-order valence-electron chi connectivity index (χ3n) is 6.43. The van der Waals surface area contributed by atoms with Crippen molar-refractivity contribution in [3.63, 3.8) is 0 Å². The lowest BCUT2D eigenvalue weighted by atomic mass is 10.0. The molecule has 1 aromatic rings. The van der Waals surface area contributed by atoms with E-state index in [1.54, 1.807) is 7.11 Å². The number of carbonyl (C=O) groups excluding carboxylic acids is 1. The zero-order valence-corrected chi connectivity index (χ0v) is 20.6. The Morgan fingerprint density at radius 1 is 1.21 bits per heavy atom. The van der Waals surface area contributed by atoms with Crippen molar-refractivity contribution >= 4 is 17.7 Å². The summed E-state index contributed by atoms with van der Waals surface area (Å²) in [5, 5.41) is 15.7. The number of pyridine rings is 1. The van der Waals surface area contributed by atoms with E-state index in [1.807, 2.05) is 13.8 Å². The molecule has 2 heterocycles. The first-order valence-corrected chi connectivity index (χ1v) is 12.5. The fourth-order valence-corrected chi connectivity index (χ4v) is 4.22. The van der Waals surface area contributed by atoms with Crippen molar-refractivity contribution in [1.82, 2.24) is 15.2 Å². The van der Waals surface area contributed by atoms with Crippen LogP contribution in [0.4, 0.5) is 5.82 Å². The van der Waals surface area contributed by atoms with Crippen LogP contribution in [0.5, 0.6) is 0 Å². The predicted octanol–water partition coefficient (Wildman–Crippen LogP) is 3.11. The van der Waals surface area contributed by atoms with Crippen LogP contribution in [0.2, 0.25) is 0 Å². The number of rotatable bonds is 16. The molecule has 0 saturated heterocycles. The molecule has 186 valence electrons. The first-order chi connectivity index (χ1) is 16.0. The van der Waals surface area contributed by atoms with Gasteiger partial charge in [0.15, 0.2) is 0 Å². The molecule has 3 N–H and O–H groups in total. The molecule has 0 fully saturated rings. The number of nitrogens with zero attached hydrogens (tertiary/aromatic N) is 2. The number of carboxylic acids is 1. The number of hydrogen-bond acceptors (Lipinski definition) is 6. The van der Waals surface area contributed by atoms with Gasteiger partial charge in [-0.05, 0) is 69.5 Å². The predicted molar refractivity (Wildman–Crippen MR) is 131 cm³/mol. The Bertz CT molecular complexity index is 739. The van der Waals surface area contributed by atoms with Crippen molar-refractivity contribution in [3.8, 4) is 0 Å². The number of aromatic nitrogens is 1. The standard InChI is InChI=1S/C25H42N4O4/c1-4-19(5-2)24(30)28-22(25(31)32)13-16-29(17-18-33-3)15-7-6-10-21-12-11-20-9-8-14-26-23(20)27-21/h11-12,19,22H,4-10,13-18H2,1-3H3,(H,26,27)(H,28,30)(H,31,32). The lowest BCUT2D eigenvalue weighted by Gasteiger charge is -2.25. The highest BCUT2D eigenvalue weighted by molar-refractivity contribution is 5.84. The second kappa shape index (κ2) is 14.9. The van der Waals surface area contributed by atoms with Crippen LogP contribution in [0.25, 0.3) is 0 Å². The lowest BCUT2D eigenvalue weighted by Crippen LogP contribution is -2.45. The molecule has 0 spiro atoms. The van der Waals surface area contributed by atoms with Crippen LogP contribution in [0, 0.1) is 5.92 Å². The van der Waals surface area contributed by atoms with E-state index >= 15 is 0 Å². The van der Waals surface area contributed by atoms with E-state index in [9.17, 15) is 14.7 Å². The van der Waals surface area contributed by atoms with Gasteiger partial charge in [0.05, 0.1) is 6.61 Å². The molecule has 1 atom stereocenters. The third kappa shape index (κ3) is 9.29. The molecule has 2 rings (SSSR count). The van der Waals surface area contributed by atoms with Crippen LogP contribution < -0.4 is 10.6 Å². The van der Waals surface area contributed by atoms with E-state index in [0.717, 1.165) is 63.3 Å². The van der Waals surface area contributed by atoms with Gasteiger partial charge in [0.25, 0.3) is 0 Å². The first-order valence-electron chi connectivity index (χ1n) is 12.5. The van der Waals surface area contributed by atoms with E-state index in [-0.39, 0.29) is 11.8 Å². The summed E-state index contributed by atoms with van der Waals surface area (Å²) < 4.78 is 5.24. The first kappa shape index (κ1) is 27.1. The zero-order chi connectivity index (χ0) is 24.1. The molecule has 0 radical (unpaired) electrons. The maximum Gasteiger partial charge on any atom is 0.326 e. The van der Waals surface area contributed by atoms with Gasteiger partial charge >= 0.3 is 5.97 Å². The van der Waals surface area contributed by atoms with E-state index in [2.05, 4.69) is 27.7 Å². The summed E-state index contributed by atoms with van der Waals surface area (Å²) in [5.41, 5.74) is 2.42. The fourth-order valence-electron chi connectivity index (χ4n) is 4.22. The lowest BCUT2D eigenvalue weighted by molar-refractivity contribution is -0.142. The molecule has 0 bridgehead atoms. The Kier molecular flexibility index (Phi) is 12.2. The number of aryl methyl sites for hydroxylation is 2. The summed E-state index contributed by atoms with van der Waals surface area (Å²) in [5.74, 6) is -0.240. The second-order valence-corrected chi connectivity index (χ2v) is 8.83. The SMILES string of the molecule is CCC(CC)C(=O)NC(CCN(CCCCc1ccc2c(n1)NCCC2)CCOC)C(=O)O. The summed E-state index contributed by atoms with van der Waals surface area (Å²) in [6.07, 6.45) is 7.00. The van der Waals surface area contributed by atoms with Crippen molar-refractivity contribution in [2.75, 3.05) is 45.2 Å². The van der Waals surface area contributed by atoms with Gasteiger partial charge in [0.2, 0.25) is 5.91 Å². The van der Waals surface area contributed by atoms with Crippen LogP contribution in [-0.4, -0.2) is 72.8 Å². The molecule has 1 amide bonds. The fraction of sp³-hybridized carbons (Fsp3) is 0.720. The average molecular weight is 463 g/mol. The monoisotopic (exact) mass is 462 g/mol. The highest BCUT2D eigenvalue weighted by Crippen LogP contribution is 2.20. The molecule has 0 saturated carbocycles. The van der Waals surface area contributed by atoms with Gasteiger partial charge in [-0.25, -0.2) is 9.78 Å². The quantitative estimate of drug-likeness (QED) is 0.324. The molecule has 1 aliphatic heterocycles. The topological polar surface area (TPSA) is 104 Å². The summed E-state index contributed by atoms with van der Waals surface area (Å²) in [7, 11) is 1.67. The van der Waals surface area contributed by atoms with Gasteiger partial charge in [0.1, 0.15) is 11.9 Å². The van der Waals surface area contributed by atoms with Crippen molar-refractivity contribution in [3.05, 3.63) is 23.4 Å². The van der Waals surface area contributed by atoms with Crippen LogP contribution in [0.3, 0.4) is 0 Å². The number of carbonyl (C=O) groups is 2. The van der Waals surface area contributed by atoms with Crippen LogP contribution >= 0.6 is 0 Å². The summed E-state index contributed by atoms with van der Waals surface area (Å²) >= 11 is 0. The van der Waals surface area contributed by atoms with Crippen molar-refractivity contribution in [1.29, 1.82) is 0 Å². The van der Waals surface area contributed by atoms with Crippen molar-refractivity contribution in [2.24, 2.45) is 5.92 Å². The highest BCUT2D eigenvalue weighted by Gasteiger charge is 2.24. The minimum atomic E-state index is -0.979. The Morgan fingerprint density at radius 3 is 2.70 bits per heavy atom. The van der Waals surface area contributed by atoms with E-state index in [4.69, 9.17) is 9.72 Å². The molecule has 33 heavy (non-hydrogen) atoms. The number of ether oxygens (including phenoxy) is 1. The number of carboxylic acid groups (broad SMARTS) is 1. The molecule has 1 aliphatic rings. The minimum absolute atomic E-state index is 0.135. The number of nitrogens with one attached hydrogen (secondary N) is 2. The number of fused-ring (bicyclic) bond motifs is 1. The number of methoxy groups -OCH3 is 1. The number of aliphatic carboxylic acids is 1. The van der Waals surface area contributed by atoms with E-state index in [0.29, 0.717) is 32.4 Å². The van der Waals surface area contributed by atoms with E-state index < -0.39 is 12.0 Å². The van der Waals surface area contributed by atoms with Crippen LogP contribution in [0.15, 0.2) is 12.1 Å². The molecule has 0 aromatic carbocycles. The zero-order valence-electron chi connectivity index (χ0n) is 20.6. The number of unbranched alkanes of at least 4 members (excludes halogenated alkanes) is 1. The maximum atomic E-state index is 12.4. The molecular formula is C25H42N4O4. The van der Waals surface area contributed by atoms with Gasteiger partial charge in [-0.1, -0.05) is 19.9 Å². The molecule has 1 unspecified atom stereocenters. The average Bonchev–Trinajstić information content (AvgIpc) is 2.82. The summed E-state index contributed by atoms with van der Waals surface area (Å²) in [6, 6.07) is 3.46. The molecular weight excluding hydrogens is 420 g/mol. The third-order valence-corrected chi connectivity index (χ3v) is 6.43. The van der Waals surface area contributed by atoms with Crippen LogP contribution in [0.1, 0.15) is 63.6 Å². The molecule has 0 aliphatic carbocycles.